The fourth-order valence-corrected chi connectivity index (χ4v) is 10.7. The van der Waals surface area contributed by atoms with Gasteiger partial charge in [-0.3, -0.25) is 0 Å². The van der Waals surface area contributed by atoms with Crippen molar-refractivity contribution in [2.45, 2.75) is 137 Å². The fraction of sp³-hybridized carbons (Fsp3) is 0.429. The third kappa shape index (κ3) is 7.56. The van der Waals surface area contributed by atoms with Gasteiger partial charge in [0, 0.05) is 36.1 Å². The van der Waals surface area contributed by atoms with Crippen LogP contribution in [0.4, 0.5) is 0 Å². The summed E-state index contributed by atoms with van der Waals surface area (Å²) >= 11 is 3.76. The molecule has 7 rings (SSSR count). The van der Waals surface area contributed by atoms with Crippen LogP contribution in [0.1, 0.15) is 138 Å². The van der Waals surface area contributed by atoms with E-state index >= 15 is 0 Å². The van der Waals surface area contributed by atoms with Crippen LogP contribution in [0.5, 0.6) is 0 Å². The normalized spacial score (nSPS) is 13.2. The van der Waals surface area contributed by atoms with Gasteiger partial charge in [-0.05, 0) is 97.7 Å². The second-order valence-corrected chi connectivity index (χ2v) is 17.9. The van der Waals surface area contributed by atoms with Gasteiger partial charge in [0.25, 0.3) is 0 Å². The molecule has 0 atom stereocenters. The average Bonchev–Trinajstić information content (AvgIpc) is 3.89. The van der Waals surface area contributed by atoms with E-state index in [1.807, 2.05) is 22.7 Å². The summed E-state index contributed by atoms with van der Waals surface area (Å²) in [5.41, 5.74) is 15.7. The molecule has 0 spiro atoms. The number of benzene rings is 3. The Kier molecular flexibility index (Phi) is 12.0. The Bertz CT molecular complexity index is 2170. The van der Waals surface area contributed by atoms with Gasteiger partial charge in [-0.2, -0.15) is 0 Å². The molecule has 0 aliphatic heterocycles. The van der Waals surface area contributed by atoms with E-state index in [1.165, 1.54) is 128 Å². The van der Waals surface area contributed by atoms with Crippen LogP contribution in [0.3, 0.4) is 0 Å². The van der Waals surface area contributed by atoms with Crippen molar-refractivity contribution >= 4 is 33.7 Å². The number of hydrogen-bond acceptors (Lipinski definition) is 4. The molecule has 1 aliphatic carbocycles. The molecule has 1 aliphatic rings. The van der Waals surface area contributed by atoms with E-state index in [0.29, 0.717) is 0 Å². The minimum atomic E-state index is 0.0852. The maximum Gasteiger partial charge on any atom is 0.0983 e. The van der Waals surface area contributed by atoms with Crippen LogP contribution in [0.25, 0.3) is 53.5 Å². The zero-order valence-corrected chi connectivity index (χ0v) is 34.7. The second-order valence-electron chi connectivity index (χ2n) is 15.6. The van der Waals surface area contributed by atoms with Crippen molar-refractivity contribution < 1.29 is 0 Å². The number of hydrogen-bond donors (Lipinski definition) is 0. The predicted octanol–water partition coefficient (Wildman–Crippen LogP) is 15.5. The summed E-state index contributed by atoms with van der Waals surface area (Å²) in [6.45, 7) is 13.6. The largest absolute Gasteiger partial charge is 0.249 e. The smallest absolute Gasteiger partial charge is 0.0983 e. The number of rotatable bonds is 17. The van der Waals surface area contributed by atoms with E-state index in [1.54, 1.807) is 11.1 Å². The summed E-state index contributed by atoms with van der Waals surface area (Å²) < 4.78 is 0. The lowest BCUT2D eigenvalue weighted by atomic mass is 9.70. The molecule has 3 heterocycles. The van der Waals surface area contributed by atoms with Gasteiger partial charge >= 0.3 is 0 Å². The molecule has 6 aromatic rings. The van der Waals surface area contributed by atoms with Crippen molar-refractivity contribution in [2.24, 2.45) is 0 Å². The average molecular weight is 739 g/mol. The molecule has 3 aromatic heterocycles. The van der Waals surface area contributed by atoms with Gasteiger partial charge in [-0.1, -0.05) is 140 Å². The molecule has 0 amide bonds. The molecular formula is C49H58N2S2. The van der Waals surface area contributed by atoms with E-state index in [0.717, 1.165) is 36.7 Å². The van der Waals surface area contributed by atoms with Gasteiger partial charge in [0.05, 0.1) is 22.4 Å². The molecule has 0 saturated carbocycles. The standard InChI is InChI=1S/C49H58N2S2/c1-7-11-13-15-29-49(30-16-14-12-8-2)40-31-33(5)19-22-36(40)37-23-21-35(32-41(37)49)44-27-28-46(53-44)39-25-24-38(45-26-20-34(6)52-45)47-48(39)51-43(18-10-4)42(50-47)17-9-3/h19-28,31-32H,7-18,29-30H2,1-6H3. The van der Waals surface area contributed by atoms with Crippen LogP contribution in [0.15, 0.2) is 72.8 Å². The summed E-state index contributed by atoms with van der Waals surface area (Å²) in [5.74, 6) is 0. The van der Waals surface area contributed by atoms with Crippen LogP contribution in [-0.2, 0) is 18.3 Å². The lowest BCUT2D eigenvalue weighted by Gasteiger charge is -2.33. The topological polar surface area (TPSA) is 25.8 Å². The van der Waals surface area contributed by atoms with Crippen LogP contribution in [-0.4, -0.2) is 9.97 Å². The van der Waals surface area contributed by atoms with Crippen molar-refractivity contribution in [2.75, 3.05) is 0 Å². The highest BCUT2D eigenvalue weighted by molar-refractivity contribution is 7.19. The molecule has 3 aromatic carbocycles. The van der Waals surface area contributed by atoms with Crippen LogP contribution < -0.4 is 0 Å². The van der Waals surface area contributed by atoms with Gasteiger partial charge in [0.2, 0.25) is 0 Å². The molecule has 0 radical (unpaired) electrons. The summed E-state index contributed by atoms with van der Waals surface area (Å²) in [7, 11) is 0. The molecule has 53 heavy (non-hydrogen) atoms. The minimum absolute atomic E-state index is 0.0852. The highest BCUT2D eigenvalue weighted by Crippen LogP contribution is 2.55. The molecule has 2 nitrogen and oxygen atoms in total. The van der Waals surface area contributed by atoms with Gasteiger partial charge in [0.1, 0.15) is 0 Å². The van der Waals surface area contributed by atoms with Gasteiger partial charge < -0.3 is 0 Å². The first-order valence-corrected chi connectivity index (χ1v) is 22.3. The van der Waals surface area contributed by atoms with E-state index < -0.39 is 0 Å². The summed E-state index contributed by atoms with van der Waals surface area (Å²) in [5, 5.41) is 0. The number of fused-ring (bicyclic) bond motifs is 4. The molecule has 276 valence electrons. The SMILES string of the molecule is CCCCCCC1(CCCCCC)c2cc(C)ccc2-c2ccc(-c3ccc(-c4ccc(-c5ccc(C)s5)c5nc(CCC)c(CCC)nc45)s3)cc21. The zero-order valence-electron chi connectivity index (χ0n) is 33.0. The Balaban J connectivity index is 1.32. The lowest BCUT2D eigenvalue weighted by molar-refractivity contribution is 0.401. The quantitative estimate of drug-likeness (QED) is 0.0871. The van der Waals surface area contributed by atoms with Crippen LogP contribution in [0, 0.1) is 13.8 Å². The number of nitrogens with zero attached hydrogens (tertiary/aromatic N) is 2. The fourth-order valence-electron chi connectivity index (χ4n) is 8.83. The van der Waals surface area contributed by atoms with Crippen molar-refractivity contribution in [1.82, 2.24) is 9.97 Å². The predicted molar refractivity (Wildman–Crippen MR) is 233 cm³/mol. The molecule has 0 bridgehead atoms. The highest BCUT2D eigenvalue weighted by Gasteiger charge is 2.42. The molecule has 0 N–H and O–H groups in total. The van der Waals surface area contributed by atoms with Gasteiger partial charge in [-0.25, -0.2) is 9.97 Å². The van der Waals surface area contributed by atoms with Gasteiger partial charge in [0.15, 0.2) is 0 Å². The number of thiophene rings is 2. The number of aryl methyl sites for hydroxylation is 4. The summed E-state index contributed by atoms with van der Waals surface area (Å²) in [6.07, 6.45) is 17.0. The van der Waals surface area contributed by atoms with Crippen LogP contribution in [0.2, 0.25) is 0 Å². The Morgan fingerprint density at radius 3 is 1.58 bits per heavy atom. The van der Waals surface area contributed by atoms with Crippen molar-refractivity contribution in [3.05, 3.63) is 106 Å². The van der Waals surface area contributed by atoms with Crippen molar-refractivity contribution in [1.29, 1.82) is 0 Å². The number of unbranched alkanes of at least 4 members (excludes halogenated alkanes) is 6. The van der Waals surface area contributed by atoms with Crippen molar-refractivity contribution in [3.63, 3.8) is 0 Å². The lowest BCUT2D eigenvalue weighted by Crippen LogP contribution is -2.25. The van der Waals surface area contributed by atoms with E-state index in [9.17, 15) is 0 Å². The third-order valence-corrected chi connectivity index (χ3v) is 13.7. The zero-order chi connectivity index (χ0) is 37.0. The number of aromatic nitrogens is 2. The molecule has 4 heteroatoms. The summed E-state index contributed by atoms with van der Waals surface area (Å²) in [6, 6.07) is 28.5. The Morgan fingerprint density at radius 2 is 1.02 bits per heavy atom. The first kappa shape index (κ1) is 37.7. The molecule has 0 saturated heterocycles. The highest BCUT2D eigenvalue weighted by atomic mass is 32.1. The Labute approximate surface area is 327 Å². The first-order valence-electron chi connectivity index (χ1n) is 20.7. The third-order valence-electron chi connectivity index (χ3n) is 11.5. The maximum absolute atomic E-state index is 5.46. The van der Waals surface area contributed by atoms with E-state index in [-0.39, 0.29) is 5.41 Å². The van der Waals surface area contributed by atoms with Gasteiger partial charge in [-0.15, -0.1) is 22.7 Å². The Morgan fingerprint density at radius 1 is 0.491 bits per heavy atom. The van der Waals surface area contributed by atoms with Crippen LogP contribution >= 0.6 is 22.7 Å². The maximum atomic E-state index is 5.46. The van der Waals surface area contributed by atoms with E-state index in [4.69, 9.17) is 9.97 Å². The molecule has 0 fully saturated rings. The second kappa shape index (κ2) is 16.8. The minimum Gasteiger partial charge on any atom is -0.249 e. The molecule has 0 unspecified atom stereocenters. The monoisotopic (exact) mass is 738 g/mol. The van der Waals surface area contributed by atoms with E-state index in [2.05, 4.69) is 114 Å². The first-order chi connectivity index (χ1) is 25.9. The summed E-state index contributed by atoms with van der Waals surface area (Å²) in [4.78, 5) is 16.1. The van der Waals surface area contributed by atoms with Crippen molar-refractivity contribution in [3.8, 4) is 42.4 Å². The molecular weight excluding hydrogens is 681 g/mol. The Hall–Kier alpha value is -3.60.